The molecule has 4 aromatic rings. The molecular weight excluding hydrogens is 369 g/mol. The van der Waals surface area contributed by atoms with E-state index >= 15 is 0 Å². The average molecular weight is 383 g/mol. The number of aromatic nitrogens is 2. The molecule has 0 fully saturated rings. The van der Waals surface area contributed by atoms with Crippen molar-refractivity contribution in [3.8, 4) is 10.6 Å². The van der Waals surface area contributed by atoms with Crippen molar-refractivity contribution in [3.05, 3.63) is 64.9 Å². The number of nitrogens with zero attached hydrogens (tertiary/aromatic N) is 2. The third kappa shape index (κ3) is 3.63. The molecule has 4 rings (SSSR count). The maximum Gasteiger partial charge on any atom is 0.232 e. The minimum Gasteiger partial charge on any atom is -0.302 e. The molecule has 0 unspecified atom stereocenters. The molecule has 2 aromatic carbocycles. The Morgan fingerprint density at radius 3 is 2.77 bits per heavy atom. The smallest absolute Gasteiger partial charge is 0.232 e. The van der Waals surface area contributed by atoms with Crippen molar-refractivity contribution >= 4 is 43.9 Å². The topological polar surface area (TPSA) is 54.9 Å². The van der Waals surface area contributed by atoms with Gasteiger partial charge in [-0.3, -0.25) is 4.79 Å². The Balaban J connectivity index is 1.45. The van der Waals surface area contributed by atoms with E-state index in [1.54, 1.807) is 12.1 Å². The summed E-state index contributed by atoms with van der Waals surface area (Å²) in [6, 6.07) is 12.2. The Morgan fingerprint density at radius 2 is 1.96 bits per heavy atom. The van der Waals surface area contributed by atoms with Gasteiger partial charge >= 0.3 is 0 Å². The summed E-state index contributed by atoms with van der Waals surface area (Å²) >= 11 is 2.89. The molecule has 2 aromatic heterocycles. The number of amides is 1. The van der Waals surface area contributed by atoms with Gasteiger partial charge in [-0.05, 0) is 48.9 Å². The normalized spacial score (nSPS) is 11.0. The van der Waals surface area contributed by atoms with Crippen molar-refractivity contribution in [2.75, 3.05) is 5.32 Å². The molecule has 0 aliphatic carbocycles. The first-order valence-corrected chi connectivity index (χ1v) is 9.64. The van der Waals surface area contributed by atoms with Crippen LogP contribution in [0.2, 0.25) is 0 Å². The number of thiazole rings is 2. The second kappa shape index (κ2) is 6.93. The van der Waals surface area contributed by atoms with E-state index in [1.165, 1.54) is 34.8 Å². The number of nitrogens with one attached hydrogen (secondary N) is 1. The van der Waals surface area contributed by atoms with Gasteiger partial charge in [-0.1, -0.05) is 17.4 Å². The summed E-state index contributed by atoms with van der Waals surface area (Å²) in [4.78, 5) is 21.2. The summed E-state index contributed by atoms with van der Waals surface area (Å²) in [6.45, 7) is 2.03. The van der Waals surface area contributed by atoms with Gasteiger partial charge < -0.3 is 5.32 Å². The lowest BCUT2D eigenvalue weighted by Crippen LogP contribution is -2.14. The van der Waals surface area contributed by atoms with Crippen LogP contribution in [0.4, 0.5) is 9.52 Å². The van der Waals surface area contributed by atoms with Gasteiger partial charge in [0.05, 0.1) is 22.3 Å². The average Bonchev–Trinajstić information content (AvgIpc) is 3.21. The second-order valence-electron chi connectivity index (χ2n) is 5.87. The highest BCUT2D eigenvalue weighted by atomic mass is 32.1. The van der Waals surface area contributed by atoms with Crippen molar-refractivity contribution in [1.82, 2.24) is 9.97 Å². The Kier molecular flexibility index (Phi) is 4.48. The van der Waals surface area contributed by atoms with E-state index in [0.717, 1.165) is 26.4 Å². The molecule has 0 spiro atoms. The van der Waals surface area contributed by atoms with Crippen LogP contribution in [-0.4, -0.2) is 15.9 Å². The minimum atomic E-state index is -0.282. The predicted octanol–water partition coefficient (Wildman–Crippen LogP) is 5.05. The summed E-state index contributed by atoms with van der Waals surface area (Å²) in [5.41, 5.74) is 3.56. The van der Waals surface area contributed by atoms with Crippen LogP contribution < -0.4 is 5.32 Å². The first-order valence-electron chi connectivity index (χ1n) is 7.94. The van der Waals surface area contributed by atoms with Crippen LogP contribution in [0.15, 0.2) is 47.8 Å². The Labute approximate surface area is 157 Å². The first kappa shape index (κ1) is 16.8. The molecule has 0 radical (unpaired) electrons. The number of carbonyl (C=O) groups is 1. The quantitative estimate of drug-likeness (QED) is 0.537. The second-order valence-corrected chi connectivity index (χ2v) is 7.75. The van der Waals surface area contributed by atoms with E-state index in [9.17, 15) is 9.18 Å². The molecule has 26 heavy (non-hydrogen) atoms. The number of anilines is 1. The zero-order valence-electron chi connectivity index (χ0n) is 13.8. The fourth-order valence-electron chi connectivity index (χ4n) is 2.53. The van der Waals surface area contributed by atoms with Gasteiger partial charge in [-0.25, -0.2) is 14.4 Å². The number of hydrogen-bond donors (Lipinski definition) is 1. The van der Waals surface area contributed by atoms with Gasteiger partial charge in [0.2, 0.25) is 5.91 Å². The third-order valence-corrected chi connectivity index (χ3v) is 5.65. The molecule has 1 N–H and O–H groups in total. The number of halogens is 1. The standard InChI is InChI=1S/C19H14FN3OS2/c1-11-2-7-15-16(8-11)26-19(22-15)23-17(24)9-14-10-25-18(21-14)12-3-5-13(20)6-4-12/h2-8,10H,9H2,1H3,(H,22,23,24). The zero-order chi connectivity index (χ0) is 18.1. The number of benzene rings is 2. The molecule has 0 aliphatic rings. The van der Waals surface area contributed by atoms with Crippen LogP contribution in [-0.2, 0) is 11.2 Å². The van der Waals surface area contributed by atoms with E-state index < -0.39 is 0 Å². The monoisotopic (exact) mass is 383 g/mol. The Hall–Kier alpha value is -2.64. The molecule has 2 heterocycles. The van der Waals surface area contributed by atoms with Gasteiger partial charge in [-0.15, -0.1) is 11.3 Å². The van der Waals surface area contributed by atoms with Crippen LogP contribution in [0.1, 0.15) is 11.3 Å². The van der Waals surface area contributed by atoms with Gasteiger partial charge in [0, 0.05) is 10.9 Å². The number of hydrogen-bond acceptors (Lipinski definition) is 5. The van der Waals surface area contributed by atoms with E-state index in [-0.39, 0.29) is 18.1 Å². The molecule has 4 nitrogen and oxygen atoms in total. The fraction of sp³-hybridized carbons (Fsp3) is 0.105. The molecule has 0 bridgehead atoms. The molecule has 0 saturated carbocycles. The fourth-order valence-corrected chi connectivity index (χ4v) is 4.33. The van der Waals surface area contributed by atoms with E-state index in [2.05, 4.69) is 21.4 Å². The molecular formula is C19H14FN3OS2. The Morgan fingerprint density at radius 1 is 1.15 bits per heavy atom. The SMILES string of the molecule is Cc1ccc2nc(NC(=O)Cc3csc(-c4ccc(F)cc4)n3)sc2c1. The van der Waals surface area contributed by atoms with Crippen LogP contribution in [0.25, 0.3) is 20.8 Å². The summed E-state index contributed by atoms with van der Waals surface area (Å²) in [5, 5.41) is 6.04. The van der Waals surface area contributed by atoms with Crippen LogP contribution in [0.3, 0.4) is 0 Å². The van der Waals surface area contributed by atoms with Crippen LogP contribution in [0, 0.1) is 12.7 Å². The number of aryl methyl sites for hydroxylation is 1. The molecule has 0 aliphatic heterocycles. The summed E-state index contributed by atoms with van der Waals surface area (Å²) in [5.74, 6) is -0.437. The van der Waals surface area contributed by atoms with Crippen molar-refractivity contribution < 1.29 is 9.18 Å². The van der Waals surface area contributed by atoms with Gasteiger partial charge in [-0.2, -0.15) is 0 Å². The molecule has 130 valence electrons. The Bertz CT molecular complexity index is 1090. The lowest BCUT2D eigenvalue weighted by atomic mass is 10.2. The van der Waals surface area contributed by atoms with Crippen molar-refractivity contribution in [2.45, 2.75) is 13.3 Å². The van der Waals surface area contributed by atoms with Crippen LogP contribution in [0.5, 0.6) is 0 Å². The highest BCUT2D eigenvalue weighted by Crippen LogP contribution is 2.27. The summed E-state index contributed by atoms with van der Waals surface area (Å²) in [6.07, 6.45) is 0.173. The lowest BCUT2D eigenvalue weighted by Gasteiger charge is -1.99. The summed E-state index contributed by atoms with van der Waals surface area (Å²) < 4.78 is 14.1. The number of carbonyl (C=O) groups excluding carboxylic acids is 1. The lowest BCUT2D eigenvalue weighted by molar-refractivity contribution is -0.115. The van der Waals surface area contributed by atoms with Gasteiger partial charge in [0.15, 0.2) is 5.13 Å². The first-order chi connectivity index (χ1) is 12.6. The van der Waals surface area contributed by atoms with Crippen LogP contribution >= 0.6 is 22.7 Å². The maximum absolute atomic E-state index is 13.0. The maximum atomic E-state index is 13.0. The molecule has 1 amide bonds. The van der Waals surface area contributed by atoms with Gasteiger partial charge in [0.1, 0.15) is 10.8 Å². The molecule has 0 saturated heterocycles. The van der Waals surface area contributed by atoms with Crippen molar-refractivity contribution in [3.63, 3.8) is 0 Å². The summed E-state index contributed by atoms with van der Waals surface area (Å²) in [7, 11) is 0. The zero-order valence-corrected chi connectivity index (χ0v) is 15.5. The highest BCUT2D eigenvalue weighted by Gasteiger charge is 2.12. The number of fused-ring (bicyclic) bond motifs is 1. The van der Waals surface area contributed by atoms with Gasteiger partial charge in [0.25, 0.3) is 0 Å². The molecule has 0 atom stereocenters. The van der Waals surface area contributed by atoms with E-state index in [1.807, 2.05) is 24.4 Å². The highest BCUT2D eigenvalue weighted by molar-refractivity contribution is 7.22. The largest absolute Gasteiger partial charge is 0.302 e. The van der Waals surface area contributed by atoms with E-state index in [4.69, 9.17) is 0 Å². The third-order valence-electron chi connectivity index (χ3n) is 3.77. The number of rotatable bonds is 4. The predicted molar refractivity (Wildman–Crippen MR) is 104 cm³/mol. The molecule has 7 heteroatoms. The van der Waals surface area contributed by atoms with Crippen molar-refractivity contribution in [2.24, 2.45) is 0 Å². The van der Waals surface area contributed by atoms with Crippen molar-refractivity contribution in [1.29, 1.82) is 0 Å². The minimum absolute atomic E-state index is 0.156. The van der Waals surface area contributed by atoms with E-state index in [0.29, 0.717) is 10.8 Å².